The molecule has 1 aromatic heterocycles. The van der Waals surface area contributed by atoms with Crippen LogP contribution in [0.4, 0.5) is 11.4 Å². The van der Waals surface area contributed by atoms with Crippen LogP contribution in [0.15, 0.2) is 41.4 Å². The molecule has 1 aromatic carbocycles. The van der Waals surface area contributed by atoms with Gasteiger partial charge >= 0.3 is 0 Å². The van der Waals surface area contributed by atoms with Crippen LogP contribution in [0.25, 0.3) is 0 Å². The van der Waals surface area contributed by atoms with Crippen LogP contribution in [0.1, 0.15) is 36.2 Å². The fourth-order valence-electron chi connectivity index (χ4n) is 4.32. The fourth-order valence-corrected chi connectivity index (χ4v) is 5.86. The molecule has 3 heterocycles. The Balaban J connectivity index is 1.34. The van der Waals surface area contributed by atoms with E-state index in [1.165, 1.54) is 21.1 Å². The maximum absolute atomic E-state index is 12.9. The van der Waals surface area contributed by atoms with Crippen molar-refractivity contribution in [1.82, 2.24) is 8.87 Å². The van der Waals surface area contributed by atoms with Crippen molar-refractivity contribution in [2.24, 2.45) is 18.7 Å². The van der Waals surface area contributed by atoms with Crippen LogP contribution in [-0.4, -0.2) is 54.6 Å². The van der Waals surface area contributed by atoms with Gasteiger partial charge in [-0.05, 0) is 49.6 Å². The average Bonchev–Trinajstić information content (AvgIpc) is 3.40. The number of aromatic nitrogens is 1. The summed E-state index contributed by atoms with van der Waals surface area (Å²) in [6.07, 6.45) is 3.56. The number of carbonyl (C=O) groups excluding carboxylic acids is 3. The van der Waals surface area contributed by atoms with Gasteiger partial charge in [0.05, 0.1) is 0 Å². The van der Waals surface area contributed by atoms with Crippen molar-refractivity contribution in [2.45, 2.75) is 30.6 Å². The first kappa shape index (κ1) is 23.0. The van der Waals surface area contributed by atoms with Crippen LogP contribution in [0.5, 0.6) is 0 Å². The number of piperidine rings is 1. The van der Waals surface area contributed by atoms with E-state index in [0.29, 0.717) is 31.5 Å². The summed E-state index contributed by atoms with van der Waals surface area (Å²) in [4.78, 5) is 37.8. The number of rotatable bonds is 6. The molecular formula is C22H27N5O5S. The monoisotopic (exact) mass is 473 g/mol. The van der Waals surface area contributed by atoms with Crippen LogP contribution < -0.4 is 16.0 Å². The van der Waals surface area contributed by atoms with Gasteiger partial charge in [-0.25, -0.2) is 8.42 Å². The molecule has 4 rings (SSSR count). The molecule has 0 spiro atoms. The van der Waals surface area contributed by atoms with Crippen molar-refractivity contribution >= 4 is 39.1 Å². The number of anilines is 2. The molecule has 2 aromatic rings. The van der Waals surface area contributed by atoms with E-state index in [0.717, 1.165) is 12.1 Å². The smallest absolute Gasteiger partial charge is 0.265 e. The van der Waals surface area contributed by atoms with E-state index >= 15 is 0 Å². The Morgan fingerprint density at radius 3 is 2.30 bits per heavy atom. The topological polar surface area (TPSA) is 135 Å². The first-order valence-electron chi connectivity index (χ1n) is 10.8. The number of primary amides is 1. The highest BCUT2D eigenvalue weighted by molar-refractivity contribution is 7.89. The molecule has 176 valence electrons. The van der Waals surface area contributed by atoms with E-state index in [9.17, 15) is 22.8 Å². The second-order valence-corrected chi connectivity index (χ2v) is 10.3. The van der Waals surface area contributed by atoms with Crippen LogP contribution in [0, 0.1) is 5.92 Å². The lowest BCUT2D eigenvalue weighted by atomic mass is 9.97. The number of carbonyl (C=O) groups is 3. The zero-order valence-electron chi connectivity index (χ0n) is 18.4. The summed E-state index contributed by atoms with van der Waals surface area (Å²) in [7, 11) is -2.22. The van der Waals surface area contributed by atoms with Gasteiger partial charge in [0.2, 0.25) is 21.8 Å². The Hall–Kier alpha value is -3.18. The first-order chi connectivity index (χ1) is 15.7. The number of aryl methyl sites for hydroxylation is 1. The maximum Gasteiger partial charge on any atom is 0.265 e. The lowest BCUT2D eigenvalue weighted by Crippen LogP contribution is -2.41. The third-order valence-electron chi connectivity index (χ3n) is 6.21. The lowest BCUT2D eigenvalue weighted by molar-refractivity contribution is -0.121. The Morgan fingerprint density at radius 1 is 1.09 bits per heavy atom. The Kier molecular flexibility index (Phi) is 6.26. The quantitative estimate of drug-likeness (QED) is 0.652. The van der Waals surface area contributed by atoms with Crippen molar-refractivity contribution in [3.63, 3.8) is 0 Å². The zero-order valence-corrected chi connectivity index (χ0v) is 19.2. The summed E-state index contributed by atoms with van der Waals surface area (Å²) in [6.45, 7) is 1.12. The van der Waals surface area contributed by atoms with E-state index in [-0.39, 0.29) is 41.4 Å². The largest absolute Gasteiger partial charge is 0.364 e. The fraction of sp³-hybridized carbons (Fsp3) is 0.409. The number of hydrogen-bond donors (Lipinski definition) is 2. The maximum atomic E-state index is 12.9. The van der Waals surface area contributed by atoms with E-state index in [1.54, 1.807) is 24.1 Å². The molecule has 11 heteroatoms. The SMILES string of the molecule is Cn1cc(S(=O)(=O)N2CCC(C(=O)Nc3ccc(N4CCCC4=O)cc3)CC2)cc1C(N)=O. The number of nitrogens with one attached hydrogen (secondary N) is 1. The molecular weight excluding hydrogens is 446 g/mol. The number of benzene rings is 1. The highest BCUT2D eigenvalue weighted by Crippen LogP contribution is 2.27. The number of amides is 3. The molecule has 0 bridgehead atoms. The van der Waals surface area contributed by atoms with Crippen molar-refractivity contribution in [1.29, 1.82) is 0 Å². The van der Waals surface area contributed by atoms with Gasteiger partial charge in [-0.15, -0.1) is 0 Å². The molecule has 2 fully saturated rings. The van der Waals surface area contributed by atoms with Crippen molar-refractivity contribution in [3.05, 3.63) is 42.2 Å². The summed E-state index contributed by atoms with van der Waals surface area (Å²) in [6, 6.07) is 8.44. The molecule has 10 nitrogen and oxygen atoms in total. The van der Waals surface area contributed by atoms with Gasteiger partial charge in [0.15, 0.2) is 0 Å². The van der Waals surface area contributed by atoms with Crippen LogP contribution >= 0.6 is 0 Å². The molecule has 2 aliphatic rings. The van der Waals surface area contributed by atoms with Crippen LogP contribution in [0.2, 0.25) is 0 Å². The molecule has 3 N–H and O–H groups in total. The van der Waals surface area contributed by atoms with Gasteiger partial charge in [0.1, 0.15) is 10.6 Å². The lowest BCUT2D eigenvalue weighted by Gasteiger charge is -2.30. The molecule has 0 unspecified atom stereocenters. The summed E-state index contributed by atoms with van der Waals surface area (Å²) in [5.41, 5.74) is 6.84. The second-order valence-electron chi connectivity index (χ2n) is 8.40. The number of sulfonamides is 1. The minimum atomic E-state index is -3.78. The Bertz CT molecular complexity index is 1180. The highest BCUT2D eigenvalue weighted by atomic mass is 32.2. The summed E-state index contributed by atoms with van der Waals surface area (Å²) >= 11 is 0. The normalized spacial score (nSPS) is 18.0. The Labute approximate surface area is 192 Å². The third-order valence-corrected chi connectivity index (χ3v) is 8.08. The van der Waals surface area contributed by atoms with Crippen molar-refractivity contribution < 1.29 is 22.8 Å². The zero-order chi connectivity index (χ0) is 23.8. The predicted molar refractivity (Wildman–Crippen MR) is 122 cm³/mol. The van der Waals surface area contributed by atoms with Crippen molar-refractivity contribution in [2.75, 3.05) is 29.9 Å². The van der Waals surface area contributed by atoms with Crippen molar-refractivity contribution in [3.8, 4) is 0 Å². The standard InChI is InChI=1S/C22H27N5O5S/c1-25-14-18(13-19(25)21(23)29)33(31,32)26-11-8-15(9-12-26)22(30)24-16-4-6-17(7-5-16)27-10-2-3-20(27)28/h4-7,13-15H,2-3,8-12H2,1H3,(H2,23,29)(H,24,30). The average molecular weight is 474 g/mol. The first-order valence-corrected chi connectivity index (χ1v) is 12.3. The summed E-state index contributed by atoms with van der Waals surface area (Å²) < 4.78 is 28.6. The van der Waals surface area contributed by atoms with E-state index < -0.39 is 15.9 Å². The van der Waals surface area contributed by atoms with E-state index in [4.69, 9.17) is 5.73 Å². The molecule has 0 radical (unpaired) electrons. The molecule has 2 saturated heterocycles. The van der Waals surface area contributed by atoms with Crippen LogP contribution in [-0.2, 0) is 26.7 Å². The summed E-state index contributed by atoms with van der Waals surface area (Å²) in [5.74, 6) is -1.06. The second kappa shape index (κ2) is 8.99. The molecule has 33 heavy (non-hydrogen) atoms. The predicted octanol–water partition coefficient (Wildman–Crippen LogP) is 1.29. The number of nitrogens with zero attached hydrogens (tertiary/aromatic N) is 3. The van der Waals surface area contributed by atoms with Crippen LogP contribution in [0.3, 0.4) is 0 Å². The van der Waals surface area contributed by atoms with Gasteiger partial charge in [0.25, 0.3) is 5.91 Å². The van der Waals surface area contributed by atoms with Gasteiger partial charge in [-0.2, -0.15) is 4.31 Å². The van der Waals surface area contributed by atoms with E-state index in [2.05, 4.69) is 5.32 Å². The van der Waals surface area contributed by atoms with Gasteiger partial charge in [0, 0.05) is 56.6 Å². The Morgan fingerprint density at radius 2 is 1.76 bits per heavy atom. The third kappa shape index (κ3) is 4.64. The molecule has 0 aliphatic carbocycles. The molecule has 3 amide bonds. The highest BCUT2D eigenvalue weighted by Gasteiger charge is 2.33. The number of nitrogens with two attached hydrogens (primary N) is 1. The van der Waals surface area contributed by atoms with Gasteiger partial charge < -0.3 is 20.5 Å². The van der Waals surface area contributed by atoms with Gasteiger partial charge in [-0.3, -0.25) is 14.4 Å². The minimum Gasteiger partial charge on any atom is -0.364 e. The van der Waals surface area contributed by atoms with Gasteiger partial charge in [-0.1, -0.05) is 0 Å². The number of hydrogen-bond acceptors (Lipinski definition) is 5. The summed E-state index contributed by atoms with van der Waals surface area (Å²) in [5, 5.41) is 2.88. The van der Waals surface area contributed by atoms with E-state index in [1.807, 2.05) is 12.1 Å². The minimum absolute atomic E-state index is 0.0123. The molecule has 2 aliphatic heterocycles. The molecule has 0 saturated carbocycles. The molecule has 0 atom stereocenters.